The van der Waals surface area contributed by atoms with Crippen molar-refractivity contribution in [3.05, 3.63) is 24.1 Å². The molecule has 0 radical (unpaired) electrons. The summed E-state index contributed by atoms with van der Waals surface area (Å²) in [4.78, 5) is 4.18. The Hall–Kier alpha value is -0.378. The zero-order valence-electron chi connectivity index (χ0n) is 14.1. The van der Waals surface area contributed by atoms with Gasteiger partial charge in [0.1, 0.15) is 5.82 Å². The Morgan fingerprint density at radius 3 is 1.71 bits per heavy atom. The van der Waals surface area contributed by atoms with E-state index in [0.717, 1.165) is 0 Å². The van der Waals surface area contributed by atoms with E-state index >= 15 is 0 Å². The van der Waals surface area contributed by atoms with Crippen LogP contribution >= 0.6 is 0 Å². The van der Waals surface area contributed by atoms with Crippen LogP contribution in [0.5, 0.6) is 0 Å². The second kappa shape index (κ2) is 8.92. The van der Waals surface area contributed by atoms with Crippen LogP contribution in [0.25, 0.3) is 0 Å². The van der Waals surface area contributed by atoms with Gasteiger partial charge in [-0.3, -0.25) is 4.98 Å². The number of hydrogen-bond acceptors (Lipinski definition) is 4. The van der Waals surface area contributed by atoms with E-state index in [4.69, 9.17) is 14.0 Å². The smallest absolute Gasteiger partial charge is 0.538 e. The largest absolute Gasteiger partial charge is 1.00 e. The Kier molecular flexibility index (Phi) is 8.76. The Bertz CT molecular complexity index is 406. The average molecular weight is 291 g/mol. The minimum Gasteiger partial charge on any atom is -0.538 e. The molecule has 1 rings (SSSR count). The summed E-state index contributed by atoms with van der Waals surface area (Å²) < 4.78 is 31.2. The molecule has 0 fully saturated rings. The molecule has 0 aromatic carbocycles. The van der Waals surface area contributed by atoms with Gasteiger partial charge < -0.3 is 14.0 Å². The van der Waals surface area contributed by atoms with Crippen LogP contribution in [0.1, 0.15) is 41.5 Å². The standard InChI is InChI=1S/C14H24BFNO3.Li/c1-10(2)18-15(19-11(3)4,20-12(5)6)14-9-13(16)7-8-17-14;/h7-12H,1-6H3;/q-1;+1. The third-order valence-electron chi connectivity index (χ3n) is 2.46. The Morgan fingerprint density at radius 1 is 0.952 bits per heavy atom. The number of halogens is 1. The first kappa shape index (κ1) is 20.6. The summed E-state index contributed by atoms with van der Waals surface area (Å²) >= 11 is 0. The van der Waals surface area contributed by atoms with Gasteiger partial charge >= 0.3 is 25.6 Å². The van der Waals surface area contributed by atoms with Gasteiger partial charge in [0.15, 0.2) is 0 Å². The van der Waals surface area contributed by atoms with Crippen LogP contribution < -0.4 is 24.5 Å². The molecule has 0 amide bonds. The molecule has 0 aliphatic heterocycles. The van der Waals surface area contributed by atoms with Crippen molar-refractivity contribution in [1.29, 1.82) is 0 Å². The van der Waals surface area contributed by atoms with Crippen molar-refractivity contribution in [2.24, 2.45) is 0 Å². The molecule has 1 heterocycles. The van der Waals surface area contributed by atoms with E-state index < -0.39 is 12.6 Å². The van der Waals surface area contributed by atoms with E-state index in [0.29, 0.717) is 5.59 Å². The maximum absolute atomic E-state index is 13.5. The molecule has 0 aliphatic rings. The van der Waals surface area contributed by atoms with Gasteiger partial charge in [0.25, 0.3) is 0 Å². The predicted molar refractivity (Wildman–Crippen MR) is 78.2 cm³/mol. The van der Waals surface area contributed by atoms with Gasteiger partial charge in [-0.1, -0.05) is 0 Å². The average Bonchev–Trinajstić information content (AvgIpc) is 2.25. The first-order chi connectivity index (χ1) is 9.25. The van der Waals surface area contributed by atoms with Gasteiger partial charge in [0.05, 0.1) is 0 Å². The van der Waals surface area contributed by atoms with Crippen molar-refractivity contribution in [2.75, 3.05) is 0 Å². The molecule has 0 N–H and O–H groups in total. The van der Waals surface area contributed by atoms with Crippen LogP contribution in [0.3, 0.4) is 0 Å². The van der Waals surface area contributed by atoms with E-state index in [-0.39, 0.29) is 37.2 Å². The van der Waals surface area contributed by atoms with Crippen molar-refractivity contribution < 1.29 is 37.2 Å². The molecule has 114 valence electrons. The Morgan fingerprint density at radius 2 is 1.38 bits per heavy atom. The molecule has 0 atom stereocenters. The summed E-state index contributed by atoms with van der Waals surface area (Å²) in [6.07, 6.45) is 0.964. The van der Waals surface area contributed by atoms with Crippen LogP contribution in [0.15, 0.2) is 18.3 Å². The number of aromatic nitrogens is 1. The molecule has 0 bridgehead atoms. The molecule has 0 saturated heterocycles. The van der Waals surface area contributed by atoms with Gasteiger partial charge in [-0.05, 0) is 59.3 Å². The molecule has 0 unspecified atom stereocenters. The molecule has 1 aromatic rings. The van der Waals surface area contributed by atoms with Crippen molar-refractivity contribution in [3.8, 4) is 0 Å². The topological polar surface area (TPSA) is 40.6 Å². The van der Waals surface area contributed by atoms with Crippen molar-refractivity contribution >= 4 is 12.3 Å². The van der Waals surface area contributed by atoms with Gasteiger partial charge in [-0.2, -0.15) is 0 Å². The normalized spacial score (nSPS) is 12.1. The number of hydrogen-bond donors (Lipinski definition) is 0. The van der Waals surface area contributed by atoms with Crippen LogP contribution in [0.4, 0.5) is 4.39 Å². The first-order valence-corrected chi connectivity index (χ1v) is 7.04. The fourth-order valence-electron chi connectivity index (χ4n) is 1.99. The molecule has 4 nitrogen and oxygen atoms in total. The zero-order valence-corrected chi connectivity index (χ0v) is 14.1. The maximum atomic E-state index is 13.5. The monoisotopic (exact) mass is 291 g/mol. The van der Waals surface area contributed by atoms with Gasteiger partial charge in [-0.15, -0.1) is 0 Å². The molecule has 0 spiro atoms. The summed E-state index contributed by atoms with van der Waals surface area (Å²) in [7, 11) is 0. The molecule has 0 saturated carbocycles. The second-order valence-corrected chi connectivity index (χ2v) is 5.60. The van der Waals surface area contributed by atoms with Crippen LogP contribution in [-0.4, -0.2) is 30.1 Å². The summed E-state index contributed by atoms with van der Waals surface area (Å²) in [5, 5.41) is 0. The third-order valence-corrected chi connectivity index (χ3v) is 2.46. The molecular formula is C14H24BFLiNO3. The molecule has 1 aromatic heterocycles. The number of pyridine rings is 1. The minimum absolute atomic E-state index is 0. The van der Waals surface area contributed by atoms with Gasteiger partial charge in [0, 0.05) is 24.5 Å². The fraction of sp³-hybridized carbons (Fsp3) is 0.643. The predicted octanol–water partition coefficient (Wildman–Crippen LogP) is -0.354. The Labute approximate surface area is 139 Å². The van der Waals surface area contributed by atoms with Crippen LogP contribution in [-0.2, 0) is 14.0 Å². The van der Waals surface area contributed by atoms with Gasteiger partial charge in [-0.25, -0.2) is 4.39 Å². The first-order valence-electron chi connectivity index (χ1n) is 7.04. The van der Waals surface area contributed by atoms with E-state index in [1.54, 1.807) is 0 Å². The second-order valence-electron chi connectivity index (χ2n) is 5.60. The SMILES string of the molecule is CC(C)O[B-](OC(C)C)(OC(C)C)c1cc(F)ccn1.[Li+]. The van der Waals surface area contributed by atoms with E-state index in [2.05, 4.69) is 4.98 Å². The minimum atomic E-state index is -2.29. The van der Waals surface area contributed by atoms with E-state index in [1.807, 2.05) is 41.5 Å². The van der Waals surface area contributed by atoms with Gasteiger partial charge in [0.2, 0.25) is 0 Å². The fourth-order valence-corrected chi connectivity index (χ4v) is 1.99. The maximum Gasteiger partial charge on any atom is 1.00 e. The molecule has 7 heteroatoms. The summed E-state index contributed by atoms with van der Waals surface area (Å²) in [5.41, 5.74) is 0.334. The van der Waals surface area contributed by atoms with Crippen LogP contribution in [0, 0.1) is 5.82 Å². The number of nitrogens with zero attached hydrogens (tertiary/aromatic N) is 1. The van der Waals surface area contributed by atoms with E-state index in [9.17, 15) is 4.39 Å². The van der Waals surface area contributed by atoms with Crippen molar-refractivity contribution in [3.63, 3.8) is 0 Å². The van der Waals surface area contributed by atoms with Crippen LogP contribution in [0.2, 0.25) is 0 Å². The van der Waals surface area contributed by atoms with Crippen molar-refractivity contribution in [1.82, 2.24) is 4.98 Å². The molecule has 21 heavy (non-hydrogen) atoms. The third kappa shape index (κ3) is 6.50. The molecular weight excluding hydrogens is 267 g/mol. The summed E-state index contributed by atoms with van der Waals surface area (Å²) in [6, 6.07) is 2.58. The zero-order chi connectivity index (χ0) is 15.3. The quantitative estimate of drug-likeness (QED) is 0.644. The Balaban J connectivity index is 0.00000400. The number of rotatable bonds is 7. The molecule has 0 aliphatic carbocycles. The van der Waals surface area contributed by atoms with E-state index in [1.165, 1.54) is 18.3 Å². The van der Waals surface area contributed by atoms with Crippen molar-refractivity contribution in [2.45, 2.75) is 59.9 Å². The summed E-state index contributed by atoms with van der Waals surface area (Å²) in [6.45, 7) is 8.98. The summed E-state index contributed by atoms with van der Waals surface area (Å²) in [5.74, 6) is -0.395.